The molecule has 0 unspecified atom stereocenters. The summed E-state index contributed by atoms with van der Waals surface area (Å²) >= 11 is 0. The van der Waals surface area contributed by atoms with Gasteiger partial charge in [-0.25, -0.2) is 0 Å². The minimum absolute atomic E-state index is 0.0936. The summed E-state index contributed by atoms with van der Waals surface area (Å²) < 4.78 is 5.73. The lowest BCUT2D eigenvalue weighted by Crippen LogP contribution is -2.27. The second kappa shape index (κ2) is 10.1. The van der Waals surface area contributed by atoms with Gasteiger partial charge in [0.2, 0.25) is 11.8 Å². The van der Waals surface area contributed by atoms with E-state index in [1.807, 2.05) is 67.6 Å². The summed E-state index contributed by atoms with van der Waals surface area (Å²) in [6.45, 7) is 1.92. The summed E-state index contributed by atoms with van der Waals surface area (Å²) in [5.41, 5.74) is 1.69. The van der Waals surface area contributed by atoms with Gasteiger partial charge in [0, 0.05) is 18.5 Å². The zero-order valence-corrected chi connectivity index (χ0v) is 16.3. The first-order valence-corrected chi connectivity index (χ1v) is 9.57. The number of para-hydroxylation sites is 1. The van der Waals surface area contributed by atoms with Gasteiger partial charge in [-0.3, -0.25) is 9.59 Å². The van der Waals surface area contributed by atoms with Crippen LogP contribution in [0.5, 0.6) is 11.5 Å². The Morgan fingerprint density at radius 1 is 0.759 bits per heavy atom. The molecule has 2 amide bonds. The summed E-state index contributed by atoms with van der Waals surface area (Å²) in [7, 11) is 0. The zero-order valence-electron chi connectivity index (χ0n) is 16.3. The monoisotopic (exact) mass is 388 g/mol. The quantitative estimate of drug-likeness (QED) is 0.566. The minimum atomic E-state index is -0.204. The Bertz CT molecular complexity index is 925. The van der Waals surface area contributed by atoms with Crippen molar-refractivity contribution in [2.45, 2.75) is 25.8 Å². The first-order chi connectivity index (χ1) is 14.1. The van der Waals surface area contributed by atoms with Crippen LogP contribution in [0.1, 0.15) is 31.4 Å². The van der Waals surface area contributed by atoms with E-state index in [9.17, 15) is 9.59 Å². The van der Waals surface area contributed by atoms with Crippen molar-refractivity contribution in [2.75, 3.05) is 5.32 Å². The lowest BCUT2D eigenvalue weighted by molar-refractivity contribution is -0.124. The molecule has 0 aliphatic rings. The van der Waals surface area contributed by atoms with Gasteiger partial charge in [0.15, 0.2) is 0 Å². The second-order valence-electron chi connectivity index (χ2n) is 6.69. The Kier molecular flexibility index (Phi) is 7.00. The van der Waals surface area contributed by atoms with Crippen LogP contribution in [0.4, 0.5) is 5.69 Å². The van der Waals surface area contributed by atoms with Crippen LogP contribution in [0.2, 0.25) is 0 Å². The van der Waals surface area contributed by atoms with Crippen molar-refractivity contribution < 1.29 is 14.3 Å². The predicted octanol–water partition coefficient (Wildman–Crippen LogP) is 5.08. The molecule has 3 aromatic rings. The number of ether oxygens (including phenoxy) is 1. The summed E-state index contributed by atoms with van der Waals surface area (Å²) in [6, 6.07) is 26.2. The fraction of sp³-hybridized carbons (Fsp3) is 0.167. The van der Waals surface area contributed by atoms with E-state index in [0.29, 0.717) is 11.4 Å². The molecule has 0 saturated heterocycles. The van der Waals surface area contributed by atoms with Crippen molar-refractivity contribution in [3.05, 3.63) is 90.5 Å². The van der Waals surface area contributed by atoms with Crippen molar-refractivity contribution in [3.63, 3.8) is 0 Å². The molecule has 148 valence electrons. The van der Waals surface area contributed by atoms with Crippen LogP contribution in [-0.2, 0) is 9.59 Å². The maximum absolute atomic E-state index is 12.1. The van der Waals surface area contributed by atoms with Crippen LogP contribution in [0, 0.1) is 0 Å². The lowest BCUT2D eigenvalue weighted by Gasteiger charge is -2.14. The van der Waals surface area contributed by atoms with E-state index in [-0.39, 0.29) is 30.7 Å². The normalized spacial score (nSPS) is 11.3. The molecular weight excluding hydrogens is 364 g/mol. The Morgan fingerprint density at radius 3 is 1.97 bits per heavy atom. The molecular formula is C24H24N2O3. The Balaban J connectivity index is 1.42. The molecule has 0 radical (unpaired) electrons. The summed E-state index contributed by atoms with van der Waals surface area (Å²) in [4.78, 5) is 24.2. The number of nitrogens with one attached hydrogen (secondary N) is 2. The molecule has 0 bridgehead atoms. The fourth-order valence-corrected chi connectivity index (χ4v) is 2.82. The number of benzene rings is 3. The van der Waals surface area contributed by atoms with E-state index in [1.54, 1.807) is 24.3 Å². The standard InChI is InChI=1S/C24H24N2O3/c1-18(19-8-4-2-5-9-19)25-23(27)16-17-24(28)26-20-12-14-22(15-13-20)29-21-10-6-3-7-11-21/h2-15,18H,16-17H2,1H3,(H,25,27)(H,26,28)/t18-/m0/s1. The van der Waals surface area contributed by atoms with Gasteiger partial charge in [0.1, 0.15) is 11.5 Å². The van der Waals surface area contributed by atoms with Gasteiger partial charge in [-0.15, -0.1) is 0 Å². The van der Waals surface area contributed by atoms with Crippen molar-refractivity contribution in [3.8, 4) is 11.5 Å². The first-order valence-electron chi connectivity index (χ1n) is 9.57. The van der Waals surface area contributed by atoms with Gasteiger partial charge in [0.05, 0.1) is 6.04 Å². The fourth-order valence-electron chi connectivity index (χ4n) is 2.82. The number of hydrogen-bond donors (Lipinski definition) is 2. The average molecular weight is 388 g/mol. The highest BCUT2D eigenvalue weighted by molar-refractivity contribution is 5.93. The molecule has 0 aliphatic carbocycles. The molecule has 0 aromatic heterocycles. The lowest BCUT2D eigenvalue weighted by atomic mass is 10.1. The maximum atomic E-state index is 12.1. The van der Waals surface area contributed by atoms with Crippen LogP contribution in [-0.4, -0.2) is 11.8 Å². The Morgan fingerprint density at radius 2 is 1.31 bits per heavy atom. The van der Waals surface area contributed by atoms with Crippen LogP contribution < -0.4 is 15.4 Å². The van der Waals surface area contributed by atoms with E-state index in [4.69, 9.17) is 4.74 Å². The molecule has 3 aromatic carbocycles. The van der Waals surface area contributed by atoms with Gasteiger partial charge in [-0.2, -0.15) is 0 Å². The van der Waals surface area contributed by atoms with Crippen molar-refractivity contribution in [2.24, 2.45) is 0 Å². The molecule has 1 atom stereocenters. The highest BCUT2D eigenvalue weighted by Crippen LogP contribution is 2.22. The van der Waals surface area contributed by atoms with Crippen molar-refractivity contribution >= 4 is 17.5 Å². The number of carbonyl (C=O) groups excluding carboxylic acids is 2. The maximum Gasteiger partial charge on any atom is 0.224 e. The van der Waals surface area contributed by atoms with Gasteiger partial charge in [0.25, 0.3) is 0 Å². The highest BCUT2D eigenvalue weighted by atomic mass is 16.5. The number of anilines is 1. The predicted molar refractivity (Wildman–Crippen MR) is 114 cm³/mol. The third-order valence-corrected chi connectivity index (χ3v) is 4.37. The van der Waals surface area contributed by atoms with Gasteiger partial charge in [-0.1, -0.05) is 48.5 Å². The third-order valence-electron chi connectivity index (χ3n) is 4.37. The van der Waals surface area contributed by atoms with Crippen LogP contribution in [0.25, 0.3) is 0 Å². The molecule has 0 aliphatic heterocycles. The topological polar surface area (TPSA) is 67.4 Å². The molecule has 5 nitrogen and oxygen atoms in total. The number of amides is 2. The number of rotatable bonds is 8. The smallest absolute Gasteiger partial charge is 0.224 e. The third kappa shape index (κ3) is 6.50. The average Bonchev–Trinajstić information content (AvgIpc) is 2.75. The van der Waals surface area contributed by atoms with Crippen LogP contribution in [0.15, 0.2) is 84.9 Å². The Hall–Kier alpha value is -3.60. The molecule has 0 fully saturated rings. The van der Waals surface area contributed by atoms with Crippen molar-refractivity contribution in [1.82, 2.24) is 5.32 Å². The van der Waals surface area contributed by atoms with Gasteiger partial charge >= 0.3 is 0 Å². The molecule has 0 heterocycles. The summed E-state index contributed by atoms with van der Waals surface area (Å²) in [6.07, 6.45) is 0.258. The van der Waals surface area contributed by atoms with Crippen molar-refractivity contribution in [1.29, 1.82) is 0 Å². The number of carbonyl (C=O) groups is 2. The molecule has 0 saturated carbocycles. The Labute approximate surface area is 170 Å². The number of hydrogen-bond acceptors (Lipinski definition) is 3. The molecule has 2 N–H and O–H groups in total. The van der Waals surface area contributed by atoms with E-state index < -0.39 is 0 Å². The summed E-state index contributed by atoms with van der Waals surface area (Å²) in [5, 5.41) is 5.71. The largest absolute Gasteiger partial charge is 0.457 e. The van der Waals surface area contributed by atoms with E-state index >= 15 is 0 Å². The zero-order chi connectivity index (χ0) is 20.5. The molecule has 3 rings (SSSR count). The van der Waals surface area contributed by atoms with E-state index in [1.165, 1.54) is 0 Å². The first kappa shape index (κ1) is 20.1. The van der Waals surface area contributed by atoms with Gasteiger partial charge < -0.3 is 15.4 Å². The highest BCUT2D eigenvalue weighted by Gasteiger charge is 2.11. The summed E-state index contributed by atoms with van der Waals surface area (Å²) in [5.74, 6) is 1.08. The van der Waals surface area contributed by atoms with Crippen LogP contribution in [0.3, 0.4) is 0 Å². The van der Waals surface area contributed by atoms with E-state index in [0.717, 1.165) is 11.3 Å². The molecule has 29 heavy (non-hydrogen) atoms. The van der Waals surface area contributed by atoms with E-state index in [2.05, 4.69) is 10.6 Å². The molecule has 5 heteroatoms. The van der Waals surface area contributed by atoms with Crippen LogP contribution >= 0.6 is 0 Å². The SMILES string of the molecule is C[C@H](NC(=O)CCC(=O)Nc1ccc(Oc2ccccc2)cc1)c1ccccc1. The van der Waals surface area contributed by atoms with Gasteiger partial charge in [-0.05, 0) is 48.9 Å². The second-order valence-corrected chi connectivity index (χ2v) is 6.69. The molecule has 0 spiro atoms. The minimum Gasteiger partial charge on any atom is -0.457 e.